The molecule has 4 rings (SSSR count). The summed E-state index contributed by atoms with van der Waals surface area (Å²) in [6.45, 7) is 3.03. The van der Waals surface area contributed by atoms with Crippen LogP contribution in [0.1, 0.15) is 19.8 Å². The van der Waals surface area contributed by atoms with Crippen LogP contribution in [0.3, 0.4) is 0 Å². The maximum absolute atomic E-state index is 5.80. The Bertz CT molecular complexity index is 797. The van der Waals surface area contributed by atoms with Crippen molar-refractivity contribution in [1.29, 1.82) is 0 Å². The summed E-state index contributed by atoms with van der Waals surface area (Å²) in [5.74, 6) is 1.67. The molecule has 2 atom stereocenters. The minimum absolute atomic E-state index is 0.229. The highest BCUT2D eigenvalue weighted by Gasteiger charge is 2.23. The molecule has 0 amide bonds. The third-order valence-electron chi connectivity index (χ3n) is 4.23. The lowest BCUT2D eigenvalue weighted by atomic mass is 10.1. The molecule has 23 heavy (non-hydrogen) atoms. The van der Waals surface area contributed by atoms with Gasteiger partial charge in [0.1, 0.15) is 5.82 Å². The number of rotatable bonds is 4. The Morgan fingerprint density at radius 1 is 1.22 bits per heavy atom. The summed E-state index contributed by atoms with van der Waals surface area (Å²) in [6.07, 6.45) is 2.50. The summed E-state index contributed by atoms with van der Waals surface area (Å²) >= 11 is 1.66. The van der Waals surface area contributed by atoms with Crippen molar-refractivity contribution in [2.24, 2.45) is 0 Å². The van der Waals surface area contributed by atoms with Crippen LogP contribution >= 0.6 is 11.3 Å². The highest BCUT2D eigenvalue weighted by atomic mass is 32.1. The first kappa shape index (κ1) is 14.6. The molecule has 1 aromatic carbocycles. The molecule has 5 heteroatoms. The van der Waals surface area contributed by atoms with Crippen molar-refractivity contribution in [3.05, 3.63) is 41.8 Å². The lowest BCUT2D eigenvalue weighted by Crippen LogP contribution is -2.30. The molecule has 1 aliphatic rings. The third-order valence-corrected chi connectivity index (χ3v) is 5.10. The molecule has 4 nitrogen and oxygen atoms in total. The molecule has 118 valence electrons. The third kappa shape index (κ3) is 2.94. The second-order valence-electron chi connectivity index (χ2n) is 5.87. The number of nitrogens with zero attached hydrogens (tertiary/aromatic N) is 2. The molecule has 0 spiro atoms. The van der Waals surface area contributed by atoms with Gasteiger partial charge in [-0.05, 0) is 43.3 Å². The van der Waals surface area contributed by atoms with Gasteiger partial charge in [-0.3, -0.25) is 0 Å². The number of nitrogens with one attached hydrogen (secondary N) is 1. The summed E-state index contributed by atoms with van der Waals surface area (Å²) in [7, 11) is 0. The van der Waals surface area contributed by atoms with E-state index in [0.29, 0.717) is 0 Å². The van der Waals surface area contributed by atoms with Crippen LogP contribution in [0.5, 0.6) is 0 Å². The van der Waals surface area contributed by atoms with E-state index in [0.717, 1.165) is 46.9 Å². The molecule has 1 aliphatic heterocycles. The minimum atomic E-state index is 0.229. The first-order valence-corrected chi connectivity index (χ1v) is 8.88. The largest absolute Gasteiger partial charge is 0.376 e. The van der Waals surface area contributed by atoms with Crippen molar-refractivity contribution >= 4 is 28.1 Å². The summed E-state index contributed by atoms with van der Waals surface area (Å²) in [4.78, 5) is 10.6. The number of benzene rings is 1. The zero-order chi connectivity index (χ0) is 15.6. The highest BCUT2D eigenvalue weighted by molar-refractivity contribution is 7.13. The number of thiophene rings is 1. The van der Waals surface area contributed by atoms with Crippen molar-refractivity contribution in [3.63, 3.8) is 0 Å². The number of aromatic nitrogens is 2. The molecule has 2 aromatic heterocycles. The fourth-order valence-electron chi connectivity index (χ4n) is 3.01. The van der Waals surface area contributed by atoms with Gasteiger partial charge in [0.25, 0.3) is 0 Å². The lowest BCUT2D eigenvalue weighted by molar-refractivity contribution is 0.0996. The first-order valence-electron chi connectivity index (χ1n) is 8.00. The average Bonchev–Trinajstić information content (AvgIpc) is 3.28. The topological polar surface area (TPSA) is 47.0 Å². The predicted molar refractivity (Wildman–Crippen MR) is 94.9 cm³/mol. The molecule has 0 bridgehead atoms. The second-order valence-corrected chi connectivity index (χ2v) is 6.82. The van der Waals surface area contributed by atoms with Crippen LogP contribution in [0.2, 0.25) is 0 Å². The normalized spacial score (nSPS) is 19.1. The number of ether oxygens (including phenoxy) is 1. The number of fused-ring (bicyclic) bond motifs is 1. The quantitative estimate of drug-likeness (QED) is 0.775. The van der Waals surface area contributed by atoms with Crippen LogP contribution in [-0.4, -0.2) is 28.7 Å². The minimum Gasteiger partial charge on any atom is -0.376 e. The maximum Gasteiger partial charge on any atom is 0.172 e. The van der Waals surface area contributed by atoms with Crippen LogP contribution < -0.4 is 5.32 Å². The van der Waals surface area contributed by atoms with Gasteiger partial charge >= 0.3 is 0 Å². The molecule has 0 saturated carbocycles. The van der Waals surface area contributed by atoms with Gasteiger partial charge in [0.15, 0.2) is 5.82 Å². The zero-order valence-electron chi connectivity index (χ0n) is 13.0. The standard InChI is InChI=1S/C18H19N3OS/c1-12(15-8-4-10-22-15)19-17-13-6-2-3-7-14(13)20-18(21-17)16-9-5-11-23-16/h2-3,5-7,9,11-12,15H,4,8,10H2,1H3,(H,19,20,21)/t12-,15+/m1/s1. The summed E-state index contributed by atoms with van der Waals surface area (Å²) in [6, 6.07) is 12.5. The summed E-state index contributed by atoms with van der Waals surface area (Å²) in [5.41, 5.74) is 0.966. The number of hydrogen-bond donors (Lipinski definition) is 1. The van der Waals surface area contributed by atoms with E-state index in [2.05, 4.69) is 29.8 Å². The van der Waals surface area contributed by atoms with E-state index in [-0.39, 0.29) is 12.1 Å². The van der Waals surface area contributed by atoms with E-state index < -0.39 is 0 Å². The van der Waals surface area contributed by atoms with E-state index in [4.69, 9.17) is 14.7 Å². The molecule has 1 fully saturated rings. The van der Waals surface area contributed by atoms with E-state index in [1.54, 1.807) is 11.3 Å². The molecule has 3 aromatic rings. The Kier molecular flexibility index (Phi) is 3.97. The Labute approximate surface area is 139 Å². The van der Waals surface area contributed by atoms with Gasteiger partial charge in [0, 0.05) is 12.0 Å². The Balaban J connectivity index is 1.74. The Morgan fingerprint density at radius 3 is 2.91 bits per heavy atom. The predicted octanol–water partition coefficient (Wildman–Crippen LogP) is 4.34. The van der Waals surface area contributed by atoms with Crippen LogP contribution in [0.25, 0.3) is 21.6 Å². The van der Waals surface area contributed by atoms with Gasteiger partial charge in [-0.1, -0.05) is 18.2 Å². The fourth-order valence-corrected chi connectivity index (χ4v) is 3.67. The van der Waals surface area contributed by atoms with E-state index in [1.807, 2.05) is 24.3 Å². The van der Waals surface area contributed by atoms with Gasteiger partial charge in [0.2, 0.25) is 0 Å². The molecule has 1 saturated heterocycles. The van der Waals surface area contributed by atoms with Crippen LogP contribution in [0.15, 0.2) is 41.8 Å². The average molecular weight is 325 g/mol. The summed E-state index contributed by atoms with van der Waals surface area (Å²) < 4.78 is 5.80. The van der Waals surface area contributed by atoms with Crippen molar-refractivity contribution < 1.29 is 4.74 Å². The maximum atomic E-state index is 5.80. The molecule has 3 heterocycles. The van der Waals surface area contributed by atoms with Gasteiger partial charge in [-0.25, -0.2) is 9.97 Å². The number of hydrogen-bond acceptors (Lipinski definition) is 5. The fraction of sp³-hybridized carbons (Fsp3) is 0.333. The molecule has 0 unspecified atom stereocenters. The molecular weight excluding hydrogens is 306 g/mol. The van der Waals surface area contributed by atoms with E-state index in [9.17, 15) is 0 Å². The second kappa shape index (κ2) is 6.26. The van der Waals surface area contributed by atoms with Crippen molar-refractivity contribution in [2.75, 3.05) is 11.9 Å². The zero-order valence-corrected chi connectivity index (χ0v) is 13.8. The van der Waals surface area contributed by atoms with Crippen molar-refractivity contribution in [2.45, 2.75) is 31.9 Å². The van der Waals surface area contributed by atoms with Crippen LogP contribution in [-0.2, 0) is 4.74 Å². The monoisotopic (exact) mass is 325 g/mol. The van der Waals surface area contributed by atoms with Gasteiger partial charge < -0.3 is 10.1 Å². The van der Waals surface area contributed by atoms with E-state index >= 15 is 0 Å². The van der Waals surface area contributed by atoms with Crippen molar-refractivity contribution in [3.8, 4) is 10.7 Å². The lowest BCUT2D eigenvalue weighted by Gasteiger charge is -2.21. The van der Waals surface area contributed by atoms with Gasteiger partial charge in [-0.15, -0.1) is 11.3 Å². The van der Waals surface area contributed by atoms with Gasteiger partial charge in [0.05, 0.1) is 22.5 Å². The number of anilines is 1. The highest BCUT2D eigenvalue weighted by Crippen LogP contribution is 2.28. The molecule has 0 aliphatic carbocycles. The van der Waals surface area contributed by atoms with E-state index in [1.165, 1.54) is 0 Å². The smallest absolute Gasteiger partial charge is 0.172 e. The van der Waals surface area contributed by atoms with Crippen LogP contribution in [0, 0.1) is 0 Å². The Morgan fingerprint density at radius 2 is 2.13 bits per heavy atom. The van der Waals surface area contributed by atoms with Gasteiger partial charge in [-0.2, -0.15) is 0 Å². The van der Waals surface area contributed by atoms with Crippen LogP contribution in [0.4, 0.5) is 5.82 Å². The first-order chi connectivity index (χ1) is 11.3. The van der Waals surface area contributed by atoms with Crippen molar-refractivity contribution in [1.82, 2.24) is 9.97 Å². The Hall–Kier alpha value is -1.98. The number of para-hydroxylation sites is 1. The molecular formula is C18H19N3OS. The summed E-state index contributed by atoms with van der Waals surface area (Å²) in [5, 5.41) is 6.66. The molecule has 1 N–H and O–H groups in total. The SMILES string of the molecule is C[C@@H](Nc1nc(-c2cccs2)nc2ccccc12)[C@@H]1CCCO1. The molecule has 0 radical (unpaired) electrons.